The van der Waals surface area contributed by atoms with Crippen LogP contribution in [0.15, 0.2) is 18.2 Å². The Morgan fingerprint density at radius 3 is 2.73 bits per heavy atom. The average molecular weight is 202 g/mol. The van der Waals surface area contributed by atoms with Gasteiger partial charge in [0.25, 0.3) is 0 Å². The predicted molar refractivity (Wildman–Crippen MR) is 65.2 cm³/mol. The summed E-state index contributed by atoms with van der Waals surface area (Å²) in [5.41, 5.74) is 10.8. The van der Waals surface area contributed by atoms with Crippen LogP contribution in [0.4, 0.5) is 0 Å². The van der Waals surface area contributed by atoms with E-state index in [0.29, 0.717) is 12.5 Å². The summed E-state index contributed by atoms with van der Waals surface area (Å²) >= 11 is 0. The van der Waals surface area contributed by atoms with Gasteiger partial charge in [-0.3, -0.25) is 0 Å². The number of aromatic amines is 1. The second-order valence-electron chi connectivity index (χ2n) is 4.35. The number of hydrogen-bond acceptors (Lipinski definition) is 1. The molecule has 0 aliphatic rings. The molecule has 0 aliphatic heterocycles. The van der Waals surface area contributed by atoms with Gasteiger partial charge in [-0.2, -0.15) is 0 Å². The molecule has 1 heterocycles. The van der Waals surface area contributed by atoms with E-state index < -0.39 is 0 Å². The Kier molecular flexibility index (Phi) is 2.53. The first-order valence-corrected chi connectivity index (χ1v) is 5.42. The lowest BCUT2D eigenvalue weighted by atomic mass is 10.0. The maximum atomic E-state index is 5.70. The minimum atomic E-state index is 0.401. The molecule has 0 radical (unpaired) electrons. The van der Waals surface area contributed by atoms with Crippen LogP contribution in [0, 0.1) is 13.8 Å². The number of benzene rings is 1. The van der Waals surface area contributed by atoms with Gasteiger partial charge in [0.2, 0.25) is 0 Å². The van der Waals surface area contributed by atoms with Gasteiger partial charge in [0.1, 0.15) is 0 Å². The molecule has 0 fully saturated rings. The molecule has 1 aromatic heterocycles. The van der Waals surface area contributed by atoms with E-state index in [1.807, 2.05) is 0 Å². The highest BCUT2D eigenvalue weighted by Crippen LogP contribution is 2.26. The molecule has 1 aromatic carbocycles. The highest BCUT2D eigenvalue weighted by atomic mass is 14.7. The summed E-state index contributed by atoms with van der Waals surface area (Å²) in [5.74, 6) is 0.401. The third kappa shape index (κ3) is 1.65. The maximum Gasteiger partial charge on any atom is 0.0461 e. The topological polar surface area (TPSA) is 41.8 Å². The van der Waals surface area contributed by atoms with E-state index in [9.17, 15) is 0 Å². The zero-order valence-electron chi connectivity index (χ0n) is 9.59. The Bertz CT molecular complexity index is 482. The summed E-state index contributed by atoms with van der Waals surface area (Å²) in [6.45, 7) is 7.12. The van der Waals surface area contributed by atoms with E-state index in [4.69, 9.17) is 5.73 Å². The minimum Gasteiger partial charge on any atom is -0.358 e. The molecular formula is C13H18N2. The van der Waals surface area contributed by atoms with E-state index in [0.717, 1.165) is 0 Å². The fourth-order valence-electron chi connectivity index (χ4n) is 2.08. The van der Waals surface area contributed by atoms with E-state index in [1.165, 1.54) is 27.7 Å². The fourth-order valence-corrected chi connectivity index (χ4v) is 2.08. The molecule has 3 N–H and O–H groups in total. The highest BCUT2D eigenvalue weighted by molar-refractivity contribution is 5.85. The molecule has 2 nitrogen and oxygen atoms in total. The Morgan fingerprint density at radius 2 is 2.07 bits per heavy atom. The molecule has 80 valence electrons. The monoisotopic (exact) mass is 202 g/mol. The van der Waals surface area contributed by atoms with Crippen molar-refractivity contribution in [2.45, 2.75) is 26.7 Å². The number of nitrogens with one attached hydrogen (secondary N) is 1. The smallest absolute Gasteiger partial charge is 0.0461 e. The number of fused-ring (bicyclic) bond motifs is 1. The second-order valence-corrected chi connectivity index (χ2v) is 4.35. The van der Waals surface area contributed by atoms with Crippen LogP contribution >= 0.6 is 0 Å². The third-order valence-corrected chi connectivity index (χ3v) is 3.10. The van der Waals surface area contributed by atoms with Gasteiger partial charge in [0.05, 0.1) is 0 Å². The zero-order valence-corrected chi connectivity index (χ0v) is 9.59. The Balaban J connectivity index is 2.63. The molecule has 2 rings (SSSR count). The van der Waals surface area contributed by atoms with E-state index >= 15 is 0 Å². The number of H-pyrrole nitrogens is 1. The first-order chi connectivity index (χ1) is 7.13. The quantitative estimate of drug-likeness (QED) is 0.772. The SMILES string of the molecule is Cc1ccc2c(C)c(C(C)CN)[nH]c2c1. The maximum absolute atomic E-state index is 5.70. The number of rotatable bonds is 2. The predicted octanol–water partition coefficient (Wildman–Crippen LogP) is 2.85. The third-order valence-electron chi connectivity index (χ3n) is 3.10. The lowest BCUT2D eigenvalue weighted by molar-refractivity contribution is 0.748. The molecule has 0 amide bonds. The van der Waals surface area contributed by atoms with Crippen molar-refractivity contribution in [2.24, 2.45) is 5.73 Å². The van der Waals surface area contributed by atoms with Crippen molar-refractivity contribution in [3.63, 3.8) is 0 Å². The molecule has 2 aromatic rings. The summed E-state index contributed by atoms with van der Waals surface area (Å²) in [6, 6.07) is 6.53. The van der Waals surface area contributed by atoms with Gasteiger partial charge in [-0.1, -0.05) is 19.1 Å². The second kappa shape index (κ2) is 3.70. The molecule has 1 atom stereocenters. The normalized spacial score (nSPS) is 13.3. The van der Waals surface area contributed by atoms with Crippen LogP contribution in [0.5, 0.6) is 0 Å². The number of nitrogens with two attached hydrogens (primary N) is 1. The van der Waals surface area contributed by atoms with Crippen LogP contribution in [0.3, 0.4) is 0 Å². The van der Waals surface area contributed by atoms with Crippen LogP contribution in [0.25, 0.3) is 10.9 Å². The van der Waals surface area contributed by atoms with Crippen molar-refractivity contribution < 1.29 is 0 Å². The standard InChI is InChI=1S/C13H18N2/c1-8-4-5-11-10(3)13(9(2)7-14)15-12(11)6-8/h4-6,9,15H,7,14H2,1-3H3. The van der Waals surface area contributed by atoms with Gasteiger partial charge in [0.15, 0.2) is 0 Å². The average Bonchev–Trinajstić information content (AvgIpc) is 2.54. The summed E-state index contributed by atoms with van der Waals surface area (Å²) in [7, 11) is 0. The molecule has 1 unspecified atom stereocenters. The van der Waals surface area contributed by atoms with Crippen molar-refractivity contribution in [1.82, 2.24) is 4.98 Å². The van der Waals surface area contributed by atoms with Crippen LogP contribution in [0.1, 0.15) is 29.7 Å². The molecule has 0 spiro atoms. The lowest BCUT2D eigenvalue weighted by Crippen LogP contribution is -2.10. The molecular weight excluding hydrogens is 184 g/mol. The molecule has 2 heteroatoms. The van der Waals surface area contributed by atoms with Crippen LogP contribution in [-0.4, -0.2) is 11.5 Å². The number of aryl methyl sites for hydroxylation is 2. The van der Waals surface area contributed by atoms with E-state index in [1.54, 1.807) is 0 Å². The first kappa shape index (κ1) is 10.2. The summed E-state index contributed by atoms with van der Waals surface area (Å²) in [5, 5.41) is 1.32. The summed E-state index contributed by atoms with van der Waals surface area (Å²) < 4.78 is 0. The number of aromatic nitrogens is 1. The highest BCUT2D eigenvalue weighted by Gasteiger charge is 2.12. The Labute approximate surface area is 90.5 Å². The van der Waals surface area contributed by atoms with Crippen molar-refractivity contribution in [3.05, 3.63) is 35.0 Å². The van der Waals surface area contributed by atoms with Crippen LogP contribution in [0.2, 0.25) is 0 Å². The van der Waals surface area contributed by atoms with Gasteiger partial charge in [-0.15, -0.1) is 0 Å². The van der Waals surface area contributed by atoms with Crippen molar-refractivity contribution in [1.29, 1.82) is 0 Å². The van der Waals surface area contributed by atoms with Gasteiger partial charge in [-0.05, 0) is 31.0 Å². The largest absolute Gasteiger partial charge is 0.358 e. The van der Waals surface area contributed by atoms with Gasteiger partial charge < -0.3 is 10.7 Å². The van der Waals surface area contributed by atoms with Gasteiger partial charge in [0, 0.05) is 29.1 Å². The van der Waals surface area contributed by atoms with Gasteiger partial charge in [-0.25, -0.2) is 0 Å². The van der Waals surface area contributed by atoms with Crippen LogP contribution in [-0.2, 0) is 0 Å². The summed E-state index contributed by atoms with van der Waals surface area (Å²) in [4.78, 5) is 3.48. The van der Waals surface area contributed by atoms with Gasteiger partial charge >= 0.3 is 0 Å². The molecule has 0 aliphatic carbocycles. The van der Waals surface area contributed by atoms with E-state index in [2.05, 4.69) is 44.0 Å². The molecule has 0 bridgehead atoms. The molecule has 0 saturated carbocycles. The lowest BCUT2D eigenvalue weighted by Gasteiger charge is -2.06. The Hall–Kier alpha value is -1.28. The van der Waals surface area contributed by atoms with Crippen molar-refractivity contribution in [2.75, 3.05) is 6.54 Å². The van der Waals surface area contributed by atoms with Crippen molar-refractivity contribution >= 4 is 10.9 Å². The van der Waals surface area contributed by atoms with E-state index in [-0.39, 0.29) is 0 Å². The number of hydrogen-bond donors (Lipinski definition) is 2. The molecule has 15 heavy (non-hydrogen) atoms. The molecule has 0 saturated heterocycles. The first-order valence-electron chi connectivity index (χ1n) is 5.42. The summed E-state index contributed by atoms with van der Waals surface area (Å²) in [6.07, 6.45) is 0. The zero-order chi connectivity index (χ0) is 11.0. The van der Waals surface area contributed by atoms with Crippen LogP contribution < -0.4 is 5.73 Å². The Morgan fingerprint density at radius 1 is 1.33 bits per heavy atom. The fraction of sp³-hybridized carbons (Fsp3) is 0.385. The minimum absolute atomic E-state index is 0.401. The van der Waals surface area contributed by atoms with Crippen molar-refractivity contribution in [3.8, 4) is 0 Å².